The molecular formula is C12H10N2O4. The van der Waals surface area contributed by atoms with Crippen LogP contribution in [0.3, 0.4) is 0 Å². The fourth-order valence-electron chi connectivity index (χ4n) is 1.33. The van der Waals surface area contributed by atoms with Crippen molar-refractivity contribution in [2.24, 2.45) is 0 Å². The lowest BCUT2D eigenvalue weighted by Crippen LogP contribution is -2.11. The smallest absolute Gasteiger partial charge is 0.337 e. The van der Waals surface area contributed by atoms with Gasteiger partial charge in [0.25, 0.3) is 5.91 Å². The van der Waals surface area contributed by atoms with Gasteiger partial charge in [0.15, 0.2) is 0 Å². The van der Waals surface area contributed by atoms with Gasteiger partial charge in [-0.1, -0.05) is 5.16 Å². The number of rotatable bonds is 3. The van der Waals surface area contributed by atoms with Crippen molar-refractivity contribution in [2.45, 2.75) is 0 Å². The zero-order valence-corrected chi connectivity index (χ0v) is 9.54. The van der Waals surface area contributed by atoms with Crippen LogP contribution < -0.4 is 5.32 Å². The minimum atomic E-state index is -0.428. The average Bonchev–Trinajstić information content (AvgIpc) is 2.92. The minimum absolute atomic E-state index is 0.118. The lowest BCUT2D eigenvalue weighted by molar-refractivity contribution is 0.0600. The SMILES string of the molecule is COC(=O)c1ccc(NC(=O)c2ccno2)cc1. The van der Waals surface area contributed by atoms with Crippen LogP contribution in [-0.4, -0.2) is 24.1 Å². The molecule has 1 heterocycles. The fourth-order valence-corrected chi connectivity index (χ4v) is 1.33. The van der Waals surface area contributed by atoms with Crippen molar-refractivity contribution in [3.8, 4) is 0 Å². The number of methoxy groups -OCH3 is 1. The monoisotopic (exact) mass is 246 g/mol. The second-order valence-electron chi connectivity index (χ2n) is 3.40. The van der Waals surface area contributed by atoms with E-state index in [9.17, 15) is 9.59 Å². The molecule has 6 nitrogen and oxygen atoms in total. The third-order valence-corrected chi connectivity index (χ3v) is 2.23. The summed E-state index contributed by atoms with van der Waals surface area (Å²) in [6.07, 6.45) is 1.38. The average molecular weight is 246 g/mol. The largest absolute Gasteiger partial charge is 0.465 e. The molecule has 92 valence electrons. The van der Waals surface area contributed by atoms with Gasteiger partial charge in [-0.15, -0.1) is 0 Å². The molecule has 1 amide bonds. The summed E-state index contributed by atoms with van der Waals surface area (Å²) in [6.45, 7) is 0. The van der Waals surface area contributed by atoms with Crippen LogP contribution in [0, 0.1) is 0 Å². The molecule has 6 heteroatoms. The number of nitrogens with zero attached hydrogens (tertiary/aromatic N) is 1. The summed E-state index contributed by atoms with van der Waals surface area (Å²) in [6, 6.07) is 7.77. The van der Waals surface area contributed by atoms with E-state index in [1.54, 1.807) is 24.3 Å². The Bertz CT molecular complexity index is 546. The van der Waals surface area contributed by atoms with Gasteiger partial charge in [0, 0.05) is 11.8 Å². The van der Waals surface area contributed by atoms with Crippen molar-refractivity contribution in [3.63, 3.8) is 0 Å². The van der Waals surface area contributed by atoms with Gasteiger partial charge < -0.3 is 14.6 Å². The number of ether oxygens (including phenoxy) is 1. The molecule has 0 unspecified atom stereocenters. The molecule has 0 aliphatic rings. The number of hydrogen-bond acceptors (Lipinski definition) is 5. The number of aromatic nitrogens is 1. The van der Waals surface area contributed by atoms with Crippen LogP contribution in [0.2, 0.25) is 0 Å². The highest BCUT2D eigenvalue weighted by Gasteiger charge is 2.10. The Labute approximate surface area is 103 Å². The van der Waals surface area contributed by atoms with Crippen LogP contribution in [0.15, 0.2) is 41.1 Å². The molecule has 1 N–H and O–H groups in total. The van der Waals surface area contributed by atoms with Crippen LogP contribution in [-0.2, 0) is 4.74 Å². The number of amides is 1. The quantitative estimate of drug-likeness (QED) is 0.834. The van der Waals surface area contributed by atoms with Crippen molar-refractivity contribution in [1.29, 1.82) is 0 Å². The normalized spacial score (nSPS) is 9.83. The number of benzene rings is 1. The summed E-state index contributed by atoms with van der Waals surface area (Å²) in [4.78, 5) is 22.8. The van der Waals surface area contributed by atoms with E-state index < -0.39 is 11.9 Å². The molecule has 0 aliphatic heterocycles. The van der Waals surface area contributed by atoms with E-state index in [4.69, 9.17) is 4.52 Å². The Kier molecular flexibility index (Phi) is 3.38. The highest BCUT2D eigenvalue weighted by Crippen LogP contribution is 2.11. The lowest BCUT2D eigenvalue weighted by Gasteiger charge is -2.03. The Balaban J connectivity index is 2.07. The van der Waals surface area contributed by atoms with Crippen LogP contribution in [0.4, 0.5) is 5.69 Å². The van der Waals surface area contributed by atoms with Gasteiger partial charge in [-0.3, -0.25) is 4.79 Å². The van der Waals surface area contributed by atoms with Crippen LogP contribution >= 0.6 is 0 Å². The van der Waals surface area contributed by atoms with Crippen molar-refractivity contribution in [1.82, 2.24) is 5.16 Å². The first-order valence-corrected chi connectivity index (χ1v) is 5.11. The lowest BCUT2D eigenvalue weighted by atomic mass is 10.2. The standard InChI is InChI=1S/C12H10N2O4/c1-17-12(16)8-2-4-9(5-3-8)14-11(15)10-6-7-13-18-10/h2-7H,1H3,(H,14,15). The molecule has 0 spiro atoms. The Morgan fingerprint density at radius 2 is 1.94 bits per heavy atom. The molecule has 0 atom stereocenters. The summed E-state index contributed by atoms with van der Waals surface area (Å²) in [5.41, 5.74) is 0.958. The summed E-state index contributed by atoms with van der Waals surface area (Å²) in [5.74, 6) is -0.714. The second kappa shape index (κ2) is 5.13. The van der Waals surface area contributed by atoms with E-state index >= 15 is 0 Å². The summed E-state index contributed by atoms with van der Waals surface area (Å²) in [5, 5.41) is 6.04. The minimum Gasteiger partial charge on any atom is -0.465 e. The number of carbonyl (C=O) groups excluding carboxylic acids is 2. The summed E-state index contributed by atoms with van der Waals surface area (Å²) in [7, 11) is 1.31. The van der Waals surface area contributed by atoms with Gasteiger partial charge in [-0.05, 0) is 24.3 Å². The first kappa shape index (κ1) is 11.8. The first-order valence-electron chi connectivity index (χ1n) is 5.11. The van der Waals surface area contributed by atoms with Crippen LogP contribution in [0.5, 0.6) is 0 Å². The van der Waals surface area contributed by atoms with E-state index in [-0.39, 0.29) is 5.76 Å². The number of hydrogen-bond donors (Lipinski definition) is 1. The molecule has 0 bridgehead atoms. The van der Waals surface area contributed by atoms with Crippen LogP contribution in [0.1, 0.15) is 20.9 Å². The maximum atomic E-state index is 11.6. The zero-order valence-electron chi connectivity index (χ0n) is 9.54. The second-order valence-corrected chi connectivity index (χ2v) is 3.40. The summed E-state index contributed by atoms with van der Waals surface area (Å²) >= 11 is 0. The summed E-state index contributed by atoms with van der Waals surface area (Å²) < 4.78 is 9.28. The molecular weight excluding hydrogens is 236 g/mol. The van der Waals surface area contributed by atoms with Gasteiger partial charge >= 0.3 is 5.97 Å². The van der Waals surface area contributed by atoms with Gasteiger partial charge in [0.2, 0.25) is 5.76 Å². The molecule has 1 aromatic carbocycles. The highest BCUT2D eigenvalue weighted by molar-refractivity contribution is 6.02. The molecule has 0 fully saturated rings. The number of nitrogens with one attached hydrogen (secondary N) is 1. The van der Waals surface area contributed by atoms with Gasteiger partial charge in [0.05, 0.1) is 18.9 Å². The van der Waals surface area contributed by atoms with Crippen molar-refractivity contribution >= 4 is 17.6 Å². The zero-order chi connectivity index (χ0) is 13.0. The third kappa shape index (κ3) is 2.54. The van der Waals surface area contributed by atoms with E-state index in [1.165, 1.54) is 19.4 Å². The fraction of sp³-hybridized carbons (Fsp3) is 0.0833. The molecule has 1 aromatic heterocycles. The molecule has 0 saturated carbocycles. The van der Waals surface area contributed by atoms with Gasteiger partial charge in [-0.2, -0.15) is 0 Å². The van der Waals surface area contributed by atoms with Gasteiger partial charge in [0.1, 0.15) is 0 Å². The molecule has 0 radical (unpaired) electrons. The molecule has 2 aromatic rings. The van der Waals surface area contributed by atoms with E-state index in [1.807, 2.05) is 0 Å². The van der Waals surface area contributed by atoms with Crippen molar-refractivity contribution < 1.29 is 18.8 Å². The first-order chi connectivity index (χ1) is 8.70. The number of anilines is 1. The number of carbonyl (C=O) groups is 2. The van der Waals surface area contributed by atoms with Crippen LogP contribution in [0.25, 0.3) is 0 Å². The van der Waals surface area contributed by atoms with Crippen molar-refractivity contribution in [3.05, 3.63) is 47.9 Å². The Morgan fingerprint density at radius 3 is 2.50 bits per heavy atom. The molecule has 2 rings (SSSR count). The predicted molar refractivity (Wildman–Crippen MR) is 62.2 cm³/mol. The molecule has 18 heavy (non-hydrogen) atoms. The Hall–Kier alpha value is -2.63. The van der Waals surface area contributed by atoms with Crippen molar-refractivity contribution in [2.75, 3.05) is 12.4 Å². The predicted octanol–water partition coefficient (Wildman–Crippen LogP) is 1.71. The third-order valence-electron chi connectivity index (χ3n) is 2.23. The van der Waals surface area contributed by atoms with E-state index in [0.29, 0.717) is 11.3 Å². The van der Waals surface area contributed by atoms with Gasteiger partial charge in [-0.25, -0.2) is 4.79 Å². The maximum Gasteiger partial charge on any atom is 0.337 e. The molecule has 0 aliphatic carbocycles. The van der Waals surface area contributed by atoms with E-state index in [0.717, 1.165) is 0 Å². The topological polar surface area (TPSA) is 81.4 Å². The Morgan fingerprint density at radius 1 is 1.22 bits per heavy atom. The highest BCUT2D eigenvalue weighted by atomic mass is 16.5. The number of esters is 1. The maximum absolute atomic E-state index is 11.6. The van der Waals surface area contributed by atoms with E-state index in [2.05, 4.69) is 15.2 Å². The molecule has 0 saturated heterocycles.